The van der Waals surface area contributed by atoms with Gasteiger partial charge in [0.15, 0.2) is 0 Å². The lowest BCUT2D eigenvalue weighted by Crippen LogP contribution is -2.59. The molecule has 1 fully saturated rings. The predicted molar refractivity (Wildman–Crippen MR) is 58.0 cm³/mol. The molecule has 5 heteroatoms. The molecule has 1 heterocycles. The first-order valence-corrected chi connectivity index (χ1v) is 5.16. The molecule has 0 aromatic carbocycles. The number of amides is 1. The lowest BCUT2D eigenvalue weighted by Gasteiger charge is -2.46. The first-order chi connectivity index (χ1) is 6.74. The smallest absolute Gasteiger partial charge is 0.248 e. The summed E-state index contributed by atoms with van der Waals surface area (Å²) in [5, 5.41) is 0. The Morgan fingerprint density at radius 1 is 1.33 bits per heavy atom. The highest BCUT2D eigenvalue weighted by Crippen LogP contribution is 2.27. The van der Waals surface area contributed by atoms with E-state index in [9.17, 15) is 4.79 Å². The molecule has 1 amide bonds. The van der Waals surface area contributed by atoms with E-state index in [4.69, 9.17) is 10.6 Å². The minimum atomic E-state index is -0.226. The number of rotatable bonds is 2. The molecule has 1 saturated heterocycles. The van der Waals surface area contributed by atoms with Crippen LogP contribution in [0.2, 0.25) is 0 Å². The third-order valence-electron chi connectivity index (χ3n) is 2.29. The van der Waals surface area contributed by atoms with E-state index >= 15 is 0 Å². The molecule has 0 aromatic rings. The Hall–Kier alpha value is -0.650. The van der Waals surface area contributed by atoms with Crippen LogP contribution in [0.3, 0.4) is 0 Å². The minimum absolute atomic E-state index is 0.163. The number of hydrogen-bond donors (Lipinski definition) is 2. The van der Waals surface area contributed by atoms with Crippen LogP contribution in [0.5, 0.6) is 0 Å². The van der Waals surface area contributed by atoms with Gasteiger partial charge >= 0.3 is 0 Å². The van der Waals surface area contributed by atoms with Crippen LogP contribution in [-0.4, -0.2) is 41.6 Å². The number of ether oxygens (including phenoxy) is 1. The molecular formula is C10H21N3O2. The van der Waals surface area contributed by atoms with Crippen molar-refractivity contribution in [2.45, 2.75) is 38.9 Å². The summed E-state index contributed by atoms with van der Waals surface area (Å²) in [6.45, 7) is 9.92. The topological polar surface area (TPSA) is 67.6 Å². The molecule has 88 valence electrons. The summed E-state index contributed by atoms with van der Waals surface area (Å²) in [5.41, 5.74) is 1.69. The van der Waals surface area contributed by atoms with Crippen molar-refractivity contribution < 1.29 is 9.53 Å². The SMILES string of the molecule is CC1(C)CN(CC(=O)NN)CC(C)(C)O1. The van der Waals surface area contributed by atoms with Crippen LogP contribution in [0.25, 0.3) is 0 Å². The second kappa shape index (κ2) is 4.08. The van der Waals surface area contributed by atoms with Crippen molar-refractivity contribution in [1.82, 2.24) is 10.3 Å². The van der Waals surface area contributed by atoms with E-state index in [1.54, 1.807) is 0 Å². The molecule has 0 spiro atoms. The number of nitrogens with one attached hydrogen (secondary N) is 1. The highest BCUT2D eigenvalue weighted by Gasteiger charge is 2.38. The van der Waals surface area contributed by atoms with Crippen molar-refractivity contribution in [3.8, 4) is 0 Å². The summed E-state index contributed by atoms with van der Waals surface area (Å²) in [6, 6.07) is 0. The Kier molecular flexibility index (Phi) is 3.38. The van der Waals surface area contributed by atoms with Gasteiger partial charge in [0, 0.05) is 13.1 Å². The maximum absolute atomic E-state index is 11.2. The molecule has 0 atom stereocenters. The number of hydrogen-bond acceptors (Lipinski definition) is 4. The van der Waals surface area contributed by atoms with E-state index in [1.165, 1.54) is 0 Å². The molecule has 3 N–H and O–H groups in total. The van der Waals surface area contributed by atoms with Gasteiger partial charge in [0.05, 0.1) is 17.7 Å². The second-order valence-electron chi connectivity index (χ2n) is 5.33. The molecule has 1 aliphatic rings. The Morgan fingerprint density at radius 2 is 1.80 bits per heavy atom. The molecule has 1 rings (SSSR count). The quantitative estimate of drug-likeness (QED) is 0.382. The fourth-order valence-electron chi connectivity index (χ4n) is 2.31. The number of nitrogens with zero attached hydrogens (tertiary/aromatic N) is 1. The molecule has 0 aliphatic carbocycles. The zero-order valence-electron chi connectivity index (χ0n) is 9.96. The van der Waals surface area contributed by atoms with Gasteiger partial charge in [-0.15, -0.1) is 0 Å². The van der Waals surface area contributed by atoms with E-state index in [0.29, 0.717) is 6.54 Å². The summed E-state index contributed by atoms with van der Waals surface area (Å²) >= 11 is 0. The van der Waals surface area contributed by atoms with Gasteiger partial charge in [-0.3, -0.25) is 15.1 Å². The number of morpholine rings is 1. The van der Waals surface area contributed by atoms with Gasteiger partial charge in [-0.1, -0.05) is 0 Å². The molecule has 1 aliphatic heterocycles. The van der Waals surface area contributed by atoms with E-state index in [1.807, 2.05) is 27.7 Å². The van der Waals surface area contributed by atoms with Gasteiger partial charge in [-0.2, -0.15) is 0 Å². The predicted octanol–water partition coefficient (Wildman–Crippen LogP) is -0.134. The van der Waals surface area contributed by atoms with Crippen molar-refractivity contribution in [1.29, 1.82) is 0 Å². The Balaban J connectivity index is 2.63. The van der Waals surface area contributed by atoms with Crippen LogP contribution in [0, 0.1) is 0 Å². The highest BCUT2D eigenvalue weighted by molar-refractivity contribution is 5.77. The third kappa shape index (κ3) is 3.77. The van der Waals surface area contributed by atoms with Crippen LogP contribution in [0.1, 0.15) is 27.7 Å². The monoisotopic (exact) mass is 215 g/mol. The summed E-state index contributed by atoms with van der Waals surface area (Å²) in [6.07, 6.45) is 0. The lowest BCUT2D eigenvalue weighted by atomic mass is 9.99. The largest absolute Gasteiger partial charge is 0.367 e. The molecule has 0 radical (unpaired) electrons. The van der Waals surface area contributed by atoms with Crippen molar-refractivity contribution >= 4 is 5.91 Å². The molecule has 0 aromatic heterocycles. The average Bonchev–Trinajstić information content (AvgIpc) is 1.97. The molecule has 0 saturated carbocycles. The molecule has 0 bridgehead atoms. The zero-order valence-corrected chi connectivity index (χ0v) is 9.96. The first-order valence-electron chi connectivity index (χ1n) is 5.16. The summed E-state index contributed by atoms with van der Waals surface area (Å²) < 4.78 is 5.90. The molecular weight excluding hydrogens is 194 g/mol. The molecule has 0 unspecified atom stereocenters. The fraction of sp³-hybridized carbons (Fsp3) is 0.900. The van der Waals surface area contributed by atoms with Gasteiger partial charge < -0.3 is 4.74 Å². The first kappa shape index (κ1) is 12.4. The third-order valence-corrected chi connectivity index (χ3v) is 2.29. The van der Waals surface area contributed by atoms with Crippen molar-refractivity contribution in [2.24, 2.45) is 5.84 Å². The van der Waals surface area contributed by atoms with Crippen molar-refractivity contribution in [2.75, 3.05) is 19.6 Å². The van der Waals surface area contributed by atoms with E-state index < -0.39 is 0 Å². The van der Waals surface area contributed by atoms with Crippen molar-refractivity contribution in [3.63, 3.8) is 0 Å². The highest BCUT2D eigenvalue weighted by atomic mass is 16.5. The standard InChI is InChI=1S/C10H21N3O2/c1-9(2)6-13(5-8(14)12-11)7-10(3,4)15-9/h5-7,11H2,1-4H3,(H,12,14). The second-order valence-corrected chi connectivity index (χ2v) is 5.33. The summed E-state index contributed by atoms with van der Waals surface area (Å²) in [5.74, 6) is 4.90. The van der Waals surface area contributed by atoms with Crippen molar-refractivity contribution in [3.05, 3.63) is 0 Å². The van der Waals surface area contributed by atoms with Crippen LogP contribution in [0.15, 0.2) is 0 Å². The Labute approximate surface area is 90.9 Å². The molecule has 15 heavy (non-hydrogen) atoms. The normalized spacial score (nSPS) is 24.9. The molecule has 5 nitrogen and oxygen atoms in total. The van der Waals surface area contributed by atoms with E-state index in [-0.39, 0.29) is 17.1 Å². The van der Waals surface area contributed by atoms with Crippen LogP contribution in [-0.2, 0) is 9.53 Å². The summed E-state index contributed by atoms with van der Waals surface area (Å²) in [7, 11) is 0. The number of hydrazine groups is 1. The number of carbonyl (C=O) groups excluding carboxylic acids is 1. The number of carbonyl (C=O) groups is 1. The van der Waals surface area contributed by atoms with Gasteiger partial charge in [0.25, 0.3) is 0 Å². The van der Waals surface area contributed by atoms with Crippen LogP contribution in [0.4, 0.5) is 0 Å². The lowest BCUT2D eigenvalue weighted by molar-refractivity contribution is -0.181. The Bertz CT molecular complexity index is 235. The Morgan fingerprint density at radius 3 is 2.20 bits per heavy atom. The minimum Gasteiger partial charge on any atom is -0.367 e. The summed E-state index contributed by atoms with van der Waals surface area (Å²) in [4.78, 5) is 13.2. The average molecular weight is 215 g/mol. The maximum Gasteiger partial charge on any atom is 0.248 e. The fourth-order valence-corrected chi connectivity index (χ4v) is 2.31. The van der Waals surface area contributed by atoms with Gasteiger partial charge in [0.1, 0.15) is 0 Å². The van der Waals surface area contributed by atoms with Gasteiger partial charge in [0.2, 0.25) is 5.91 Å². The van der Waals surface area contributed by atoms with Crippen LogP contribution < -0.4 is 11.3 Å². The zero-order chi connectivity index (χ0) is 11.7. The van der Waals surface area contributed by atoms with Crippen LogP contribution >= 0.6 is 0 Å². The number of nitrogens with two attached hydrogens (primary N) is 1. The van der Waals surface area contributed by atoms with Gasteiger partial charge in [-0.05, 0) is 27.7 Å². The van der Waals surface area contributed by atoms with Gasteiger partial charge in [-0.25, -0.2) is 5.84 Å². The maximum atomic E-state index is 11.2. The van der Waals surface area contributed by atoms with E-state index in [0.717, 1.165) is 13.1 Å². The van der Waals surface area contributed by atoms with E-state index in [2.05, 4.69) is 10.3 Å².